The van der Waals surface area contributed by atoms with E-state index in [1.54, 1.807) is 30.3 Å². The van der Waals surface area contributed by atoms with Crippen LogP contribution in [0.3, 0.4) is 0 Å². The Morgan fingerprint density at radius 3 is 2.58 bits per heavy atom. The van der Waals surface area contributed by atoms with Crippen LogP contribution in [0.5, 0.6) is 0 Å². The standard InChI is InChI=1S/C29H30BrFN2O4S/c1-33(28(38)32-27(35)20-10-6-3-7-11-20)26-23(30)12-13-24(31)25(26)29(33)18-37-22(14-21(29)15-34)17-36-16-19-8-4-2-5-9-19/h2-13,21-22,25-26,34H,14-18H2,1H3/p+1. The van der Waals surface area contributed by atoms with E-state index in [1.807, 2.05) is 43.4 Å². The summed E-state index contributed by atoms with van der Waals surface area (Å²) in [6, 6.07) is 18.3. The van der Waals surface area contributed by atoms with Crippen LogP contribution in [-0.2, 0) is 16.1 Å². The summed E-state index contributed by atoms with van der Waals surface area (Å²) in [5.74, 6) is -1.49. The zero-order chi connectivity index (χ0) is 26.9. The van der Waals surface area contributed by atoms with E-state index in [0.717, 1.165) is 10.0 Å². The number of quaternary nitrogens is 1. The number of aliphatic hydroxyl groups is 1. The highest BCUT2D eigenvalue weighted by atomic mass is 79.9. The van der Waals surface area contributed by atoms with Crippen LogP contribution < -0.4 is 5.32 Å². The molecule has 9 heteroatoms. The molecular formula is C29H31BrFN2O4S+. The van der Waals surface area contributed by atoms with Crippen LogP contribution in [0.15, 0.2) is 83.1 Å². The summed E-state index contributed by atoms with van der Waals surface area (Å²) >= 11 is 9.50. The summed E-state index contributed by atoms with van der Waals surface area (Å²) in [5, 5.41) is 13.8. The van der Waals surface area contributed by atoms with Crippen LogP contribution in [0.2, 0.25) is 0 Å². The summed E-state index contributed by atoms with van der Waals surface area (Å²) in [6.45, 7) is 0.812. The van der Waals surface area contributed by atoms with Crippen molar-refractivity contribution in [1.82, 2.24) is 5.32 Å². The van der Waals surface area contributed by atoms with E-state index in [1.165, 1.54) is 6.08 Å². The van der Waals surface area contributed by atoms with Crippen molar-refractivity contribution in [3.63, 3.8) is 0 Å². The van der Waals surface area contributed by atoms with E-state index in [9.17, 15) is 9.90 Å². The molecule has 2 aromatic carbocycles. The van der Waals surface area contributed by atoms with Crippen molar-refractivity contribution in [3.8, 4) is 0 Å². The molecular weight excluding hydrogens is 571 g/mol. The second kappa shape index (κ2) is 11.1. The Bertz CT molecular complexity index is 1260. The molecule has 6 nitrogen and oxygen atoms in total. The van der Waals surface area contributed by atoms with Gasteiger partial charge in [-0.2, -0.15) is 0 Å². The van der Waals surface area contributed by atoms with E-state index >= 15 is 4.39 Å². The molecule has 1 amide bonds. The SMILES string of the molecule is C[N+]1(C(=S)NC(=O)c2ccccc2)C2C(Br)=CC=C(F)C2C12COC(COCc1ccccc1)CC2CO. The number of nitrogens with zero attached hydrogens (tertiary/aromatic N) is 1. The highest BCUT2D eigenvalue weighted by Crippen LogP contribution is 2.62. The zero-order valence-corrected chi connectivity index (χ0v) is 23.5. The van der Waals surface area contributed by atoms with Crippen LogP contribution >= 0.6 is 28.1 Å². The lowest BCUT2D eigenvalue weighted by Crippen LogP contribution is -2.91. The van der Waals surface area contributed by atoms with Crippen molar-refractivity contribution in [2.75, 3.05) is 26.9 Å². The number of likely N-dealkylation sites (tertiary alicyclic amines) is 1. The number of amides is 1. The number of allylic oxidation sites excluding steroid dienone is 2. The second-order valence-electron chi connectivity index (χ2n) is 10.3. The molecule has 2 aliphatic heterocycles. The van der Waals surface area contributed by atoms with Gasteiger partial charge in [-0.25, -0.2) is 4.39 Å². The fourth-order valence-electron chi connectivity index (χ4n) is 6.43. The Kier molecular flexibility index (Phi) is 7.96. The molecule has 5 rings (SSSR count). The van der Waals surface area contributed by atoms with Crippen molar-refractivity contribution < 1.29 is 28.2 Å². The third-order valence-electron chi connectivity index (χ3n) is 8.38. The number of carbonyl (C=O) groups excluding carboxylic acids is 1. The molecule has 200 valence electrons. The van der Waals surface area contributed by atoms with Crippen molar-refractivity contribution in [1.29, 1.82) is 0 Å². The number of fused-ring (bicyclic) bond motifs is 2. The van der Waals surface area contributed by atoms with Gasteiger partial charge in [-0.1, -0.05) is 48.5 Å². The van der Waals surface area contributed by atoms with Crippen LogP contribution in [0.25, 0.3) is 0 Å². The minimum absolute atomic E-state index is 0.0483. The number of benzene rings is 2. The Morgan fingerprint density at radius 1 is 1.21 bits per heavy atom. The van der Waals surface area contributed by atoms with Crippen molar-refractivity contribution in [2.24, 2.45) is 11.8 Å². The predicted molar refractivity (Wildman–Crippen MR) is 150 cm³/mol. The molecule has 0 bridgehead atoms. The van der Waals surface area contributed by atoms with E-state index in [-0.39, 0.29) is 52.6 Å². The topological polar surface area (TPSA) is 67.8 Å². The van der Waals surface area contributed by atoms with Crippen LogP contribution in [-0.4, -0.2) is 65.2 Å². The number of likely N-dealkylation sites (N-methyl/N-ethyl adjacent to an activating group) is 1. The molecule has 2 fully saturated rings. The number of halogens is 2. The first-order valence-corrected chi connectivity index (χ1v) is 13.9. The second-order valence-corrected chi connectivity index (χ2v) is 11.6. The summed E-state index contributed by atoms with van der Waals surface area (Å²) in [5.41, 5.74) is 0.644. The lowest BCUT2D eigenvalue weighted by Gasteiger charge is -2.70. The average molecular weight is 603 g/mol. The summed E-state index contributed by atoms with van der Waals surface area (Å²) in [6.07, 6.45) is 3.38. The lowest BCUT2D eigenvalue weighted by atomic mass is 9.56. The van der Waals surface area contributed by atoms with Gasteiger partial charge in [-0.3, -0.25) is 14.6 Å². The smallest absolute Gasteiger partial charge is 0.277 e. The Morgan fingerprint density at radius 2 is 1.89 bits per heavy atom. The van der Waals surface area contributed by atoms with E-state index in [4.69, 9.17) is 21.7 Å². The minimum atomic E-state index is -0.899. The molecule has 3 aliphatic rings. The van der Waals surface area contributed by atoms with Crippen molar-refractivity contribution in [3.05, 3.63) is 94.3 Å². The Labute approximate surface area is 235 Å². The predicted octanol–water partition coefficient (Wildman–Crippen LogP) is 4.65. The first-order valence-electron chi connectivity index (χ1n) is 12.7. The first-order chi connectivity index (χ1) is 18.3. The lowest BCUT2D eigenvalue weighted by molar-refractivity contribution is -0.963. The van der Waals surface area contributed by atoms with Crippen molar-refractivity contribution in [2.45, 2.75) is 30.7 Å². The number of aliphatic hydroxyl groups excluding tert-OH is 1. The van der Waals surface area contributed by atoms with Gasteiger partial charge in [0.15, 0.2) is 5.54 Å². The zero-order valence-electron chi connectivity index (χ0n) is 21.1. The third-order valence-corrected chi connectivity index (χ3v) is 9.59. The van der Waals surface area contributed by atoms with Gasteiger partial charge >= 0.3 is 0 Å². The van der Waals surface area contributed by atoms with Gasteiger partial charge < -0.3 is 14.6 Å². The molecule has 0 radical (unpaired) electrons. The molecule has 1 spiro atoms. The van der Waals surface area contributed by atoms with Gasteiger partial charge in [-0.15, -0.1) is 0 Å². The van der Waals surface area contributed by atoms with Gasteiger partial charge in [0.05, 0.1) is 37.5 Å². The van der Waals surface area contributed by atoms with Gasteiger partial charge in [0.2, 0.25) is 0 Å². The highest BCUT2D eigenvalue weighted by molar-refractivity contribution is 9.11. The minimum Gasteiger partial charge on any atom is -0.396 e. The molecule has 2 N–H and O–H groups in total. The molecule has 6 unspecified atom stereocenters. The maximum atomic E-state index is 15.5. The number of hydrogen-bond acceptors (Lipinski definition) is 5. The molecule has 2 saturated heterocycles. The van der Waals surface area contributed by atoms with Crippen LogP contribution in [0.4, 0.5) is 4.39 Å². The Balaban J connectivity index is 1.39. The molecule has 2 aromatic rings. The summed E-state index contributed by atoms with van der Waals surface area (Å²) in [4.78, 5) is 13.0. The normalized spacial score (nSPS) is 32.0. The van der Waals surface area contributed by atoms with Crippen molar-refractivity contribution >= 4 is 39.2 Å². The van der Waals surface area contributed by atoms with E-state index in [0.29, 0.717) is 25.2 Å². The number of ether oxygens (including phenoxy) is 2. The average Bonchev–Trinajstić information content (AvgIpc) is 2.94. The van der Waals surface area contributed by atoms with Gasteiger partial charge in [0.25, 0.3) is 11.0 Å². The first kappa shape index (κ1) is 27.3. The maximum Gasteiger partial charge on any atom is 0.277 e. The van der Waals surface area contributed by atoms with Gasteiger partial charge in [-0.05, 0) is 52.2 Å². The number of rotatable bonds is 6. The van der Waals surface area contributed by atoms with E-state index < -0.39 is 11.5 Å². The largest absolute Gasteiger partial charge is 0.396 e. The quantitative estimate of drug-likeness (QED) is 0.373. The third kappa shape index (κ3) is 4.49. The molecule has 0 aromatic heterocycles. The van der Waals surface area contributed by atoms with Gasteiger partial charge in [0.1, 0.15) is 24.4 Å². The maximum absolute atomic E-state index is 15.5. The molecule has 0 saturated carbocycles. The Hall–Kier alpha value is -2.27. The highest BCUT2D eigenvalue weighted by Gasteiger charge is 2.79. The molecule has 38 heavy (non-hydrogen) atoms. The van der Waals surface area contributed by atoms with E-state index in [2.05, 4.69) is 21.2 Å². The number of carbonyl (C=O) groups is 1. The number of thiocarbonyl (C=S) groups is 1. The monoisotopic (exact) mass is 601 g/mol. The molecule has 2 heterocycles. The fraction of sp³-hybridized carbons (Fsp3) is 0.379. The fourth-order valence-corrected chi connectivity index (χ4v) is 7.61. The summed E-state index contributed by atoms with van der Waals surface area (Å²) in [7, 11) is 1.90. The number of hydrogen-bond donors (Lipinski definition) is 2. The molecule has 1 aliphatic carbocycles. The van der Waals surface area contributed by atoms with Gasteiger partial charge in [0, 0.05) is 23.7 Å². The molecule has 6 atom stereocenters. The summed E-state index contributed by atoms with van der Waals surface area (Å²) < 4.78 is 28.6. The van der Waals surface area contributed by atoms with Crippen LogP contribution in [0, 0.1) is 11.8 Å². The number of nitrogens with one attached hydrogen (secondary N) is 1. The van der Waals surface area contributed by atoms with Crippen LogP contribution in [0.1, 0.15) is 22.3 Å².